The van der Waals surface area contributed by atoms with Crippen molar-refractivity contribution in [1.82, 2.24) is 0 Å². The molecule has 0 aliphatic carbocycles. The lowest BCUT2D eigenvalue weighted by molar-refractivity contribution is -0.116. The standard InChI is InChI=1S/C13H17NO/c1-9(2)12-8-11(5-4-10(3)15)6-7-13(12)14/h6-8H,1,4-5,14H2,2-3H3. The fourth-order valence-corrected chi connectivity index (χ4v) is 1.45. The summed E-state index contributed by atoms with van der Waals surface area (Å²) in [6.07, 6.45) is 1.36. The summed E-state index contributed by atoms with van der Waals surface area (Å²) < 4.78 is 0. The summed E-state index contributed by atoms with van der Waals surface area (Å²) in [5.41, 5.74) is 9.64. The molecule has 2 nitrogen and oxygen atoms in total. The van der Waals surface area contributed by atoms with Crippen molar-refractivity contribution in [1.29, 1.82) is 0 Å². The number of nitrogens with two attached hydrogens (primary N) is 1. The van der Waals surface area contributed by atoms with Crippen LogP contribution in [0, 0.1) is 0 Å². The van der Waals surface area contributed by atoms with E-state index in [-0.39, 0.29) is 5.78 Å². The molecule has 0 spiro atoms. The van der Waals surface area contributed by atoms with E-state index in [2.05, 4.69) is 6.58 Å². The zero-order chi connectivity index (χ0) is 11.4. The number of Topliss-reactive ketones (excluding diaryl/α,β-unsaturated/α-hetero) is 1. The van der Waals surface area contributed by atoms with Crippen LogP contribution < -0.4 is 5.73 Å². The lowest BCUT2D eigenvalue weighted by Gasteiger charge is -2.07. The summed E-state index contributed by atoms with van der Waals surface area (Å²) in [5, 5.41) is 0. The number of carbonyl (C=O) groups is 1. The second-order valence-corrected chi connectivity index (χ2v) is 3.90. The number of anilines is 1. The Bertz CT molecular complexity index is 394. The number of carbonyl (C=O) groups excluding carboxylic acids is 1. The number of hydrogen-bond donors (Lipinski definition) is 1. The molecule has 0 bridgehead atoms. The zero-order valence-electron chi connectivity index (χ0n) is 9.34. The topological polar surface area (TPSA) is 43.1 Å². The summed E-state index contributed by atoms with van der Waals surface area (Å²) in [4.78, 5) is 10.9. The third-order valence-corrected chi connectivity index (χ3v) is 2.34. The fraction of sp³-hybridized carbons (Fsp3) is 0.308. The molecule has 0 heterocycles. The van der Waals surface area contributed by atoms with Crippen molar-refractivity contribution in [2.75, 3.05) is 5.73 Å². The van der Waals surface area contributed by atoms with Crippen LogP contribution in [0.2, 0.25) is 0 Å². The van der Waals surface area contributed by atoms with Crippen LogP contribution in [-0.2, 0) is 11.2 Å². The van der Waals surface area contributed by atoms with Crippen LogP contribution in [0.3, 0.4) is 0 Å². The maximum atomic E-state index is 10.9. The van der Waals surface area contributed by atoms with Gasteiger partial charge in [-0.3, -0.25) is 0 Å². The van der Waals surface area contributed by atoms with Crippen LogP contribution >= 0.6 is 0 Å². The Morgan fingerprint density at radius 1 is 1.40 bits per heavy atom. The summed E-state index contributed by atoms with van der Waals surface area (Å²) in [5.74, 6) is 0.212. The molecule has 15 heavy (non-hydrogen) atoms. The summed E-state index contributed by atoms with van der Waals surface area (Å²) in [7, 11) is 0. The highest BCUT2D eigenvalue weighted by molar-refractivity contribution is 5.76. The van der Waals surface area contributed by atoms with Gasteiger partial charge < -0.3 is 10.5 Å². The van der Waals surface area contributed by atoms with E-state index >= 15 is 0 Å². The second-order valence-electron chi connectivity index (χ2n) is 3.90. The van der Waals surface area contributed by atoms with Crippen LogP contribution in [0.1, 0.15) is 31.4 Å². The van der Waals surface area contributed by atoms with E-state index in [9.17, 15) is 4.79 Å². The van der Waals surface area contributed by atoms with Crippen molar-refractivity contribution < 1.29 is 4.79 Å². The molecule has 0 fully saturated rings. The van der Waals surface area contributed by atoms with Crippen LogP contribution in [0.4, 0.5) is 5.69 Å². The molecule has 0 aliphatic heterocycles. The normalized spacial score (nSPS) is 10.0. The fourth-order valence-electron chi connectivity index (χ4n) is 1.45. The molecule has 0 aliphatic rings. The Labute approximate surface area is 90.8 Å². The molecule has 2 N–H and O–H groups in total. The third-order valence-electron chi connectivity index (χ3n) is 2.34. The van der Waals surface area contributed by atoms with Crippen molar-refractivity contribution in [2.45, 2.75) is 26.7 Å². The third kappa shape index (κ3) is 3.24. The van der Waals surface area contributed by atoms with E-state index in [1.165, 1.54) is 0 Å². The van der Waals surface area contributed by atoms with Gasteiger partial charge in [0.2, 0.25) is 0 Å². The molecule has 1 aromatic carbocycles. The Kier molecular flexibility index (Phi) is 3.67. The van der Waals surface area contributed by atoms with Gasteiger partial charge in [0.05, 0.1) is 0 Å². The summed E-state index contributed by atoms with van der Waals surface area (Å²) in [6, 6.07) is 5.85. The predicted octanol–water partition coefficient (Wildman–Crippen LogP) is 2.82. The first-order chi connectivity index (χ1) is 7.00. The highest BCUT2D eigenvalue weighted by Crippen LogP contribution is 2.21. The second kappa shape index (κ2) is 4.78. The number of ketones is 1. The number of hydrogen-bond acceptors (Lipinski definition) is 2. The predicted molar refractivity (Wildman–Crippen MR) is 64.6 cm³/mol. The van der Waals surface area contributed by atoms with Crippen LogP contribution in [0.25, 0.3) is 5.57 Å². The minimum atomic E-state index is 0.212. The number of aryl methyl sites for hydroxylation is 1. The Morgan fingerprint density at radius 3 is 2.60 bits per heavy atom. The van der Waals surface area contributed by atoms with Gasteiger partial charge in [-0.15, -0.1) is 0 Å². The number of benzene rings is 1. The van der Waals surface area contributed by atoms with Crippen molar-refractivity contribution >= 4 is 17.0 Å². The molecular formula is C13H17NO. The van der Waals surface area contributed by atoms with Gasteiger partial charge in [0.15, 0.2) is 0 Å². The van der Waals surface area contributed by atoms with Crippen molar-refractivity contribution in [2.24, 2.45) is 0 Å². The molecule has 0 aromatic heterocycles. The minimum absolute atomic E-state index is 0.212. The molecule has 1 rings (SSSR count). The first-order valence-corrected chi connectivity index (χ1v) is 5.04. The molecule has 1 aromatic rings. The Hall–Kier alpha value is -1.57. The maximum Gasteiger partial charge on any atom is 0.130 e. The number of rotatable bonds is 4. The molecule has 0 atom stereocenters. The van der Waals surface area contributed by atoms with Gasteiger partial charge >= 0.3 is 0 Å². The molecule has 0 unspecified atom stereocenters. The first kappa shape index (κ1) is 11.5. The van der Waals surface area contributed by atoms with Crippen LogP contribution in [-0.4, -0.2) is 5.78 Å². The average Bonchev–Trinajstić information content (AvgIpc) is 2.16. The highest BCUT2D eigenvalue weighted by atomic mass is 16.1. The maximum absolute atomic E-state index is 10.9. The molecular weight excluding hydrogens is 186 g/mol. The molecule has 0 amide bonds. The molecule has 2 heteroatoms. The molecule has 0 radical (unpaired) electrons. The lowest BCUT2D eigenvalue weighted by Crippen LogP contribution is -1.97. The SMILES string of the molecule is C=C(C)c1cc(CCC(C)=O)ccc1N. The van der Waals surface area contributed by atoms with E-state index in [1.807, 2.05) is 25.1 Å². The van der Waals surface area contributed by atoms with Crippen LogP contribution in [0.15, 0.2) is 24.8 Å². The molecule has 0 saturated carbocycles. The van der Waals surface area contributed by atoms with E-state index in [1.54, 1.807) is 6.92 Å². The van der Waals surface area contributed by atoms with Gasteiger partial charge in [0.1, 0.15) is 5.78 Å². The van der Waals surface area contributed by atoms with Gasteiger partial charge in [-0.25, -0.2) is 0 Å². The Morgan fingerprint density at radius 2 is 2.07 bits per heavy atom. The van der Waals surface area contributed by atoms with Crippen molar-refractivity contribution in [3.05, 3.63) is 35.9 Å². The van der Waals surface area contributed by atoms with E-state index < -0.39 is 0 Å². The van der Waals surface area contributed by atoms with Gasteiger partial charge in [-0.05, 0) is 49.1 Å². The number of nitrogen functional groups attached to an aromatic ring is 1. The Balaban J connectivity index is 2.87. The summed E-state index contributed by atoms with van der Waals surface area (Å²) >= 11 is 0. The smallest absolute Gasteiger partial charge is 0.130 e. The summed E-state index contributed by atoms with van der Waals surface area (Å²) in [6.45, 7) is 7.41. The van der Waals surface area contributed by atoms with Gasteiger partial charge in [0, 0.05) is 12.1 Å². The van der Waals surface area contributed by atoms with E-state index in [0.717, 1.165) is 28.8 Å². The monoisotopic (exact) mass is 203 g/mol. The first-order valence-electron chi connectivity index (χ1n) is 5.04. The minimum Gasteiger partial charge on any atom is -0.398 e. The molecule has 80 valence electrons. The van der Waals surface area contributed by atoms with Gasteiger partial charge in [-0.1, -0.05) is 12.6 Å². The highest BCUT2D eigenvalue weighted by Gasteiger charge is 2.02. The molecule has 0 saturated heterocycles. The van der Waals surface area contributed by atoms with E-state index in [4.69, 9.17) is 5.73 Å². The average molecular weight is 203 g/mol. The zero-order valence-corrected chi connectivity index (χ0v) is 9.34. The largest absolute Gasteiger partial charge is 0.398 e. The van der Waals surface area contributed by atoms with Crippen molar-refractivity contribution in [3.63, 3.8) is 0 Å². The van der Waals surface area contributed by atoms with Gasteiger partial charge in [-0.2, -0.15) is 0 Å². The quantitative estimate of drug-likeness (QED) is 0.765. The van der Waals surface area contributed by atoms with Crippen molar-refractivity contribution in [3.8, 4) is 0 Å². The van der Waals surface area contributed by atoms with E-state index in [0.29, 0.717) is 6.42 Å². The lowest BCUT2D eigenvalue weighted by atomic mass is 10.0. The van der Waals surface area contributed by atoms with Crippen LogP contribution in [0.5, 0.6) is 0 Å². The van der Waals surface area contributed by atoms with Gasteiger partial charge in [0.25, 0.3) is 0 Å². The number of allylic oxidation sites excluding steroid dienone is 1.